The van der Waals surface area contributed by atoms with Gasteiger partial charge in [-0.2, -0.15) is 0 Å². The Balaban J connectivity index is 1.39. The molecule has 3 aromatic rings. The number of amides is 1. The number of fused-ring (bicyclic) bond motifs is 2. The summed E-state index contributed by atoms with van der Waals surface area (Å²) in [6.45, 7) is 0. The van der Waals surface area contributed by atoms with Crippen molar-refractivity contribution in [1.29, 1.82) is 0 Å². The third kappa shape index (κ3) is 4.41. The Labute approximate surface area is 215 Å². The molecule has 0 saturated heterocycles. The molecule has 37 heavy (non-hydrogen) atoms. The van der Waals surface area contributed by atoms with Crippen molar-refractivity contribution in [2.24, 2.45) is 11.8 Å². The van der Waals surface area contributed by atoms with Crippen LogP contribution in [-0.2, 0) is 9.84 Å². The fourth-order valence-electron chi connectivity index (χ4n) is 5.64. The molecular formula is C24H23ClF2N4O5S. The van der Waals surface area contributed by atoms with Crippen LogP contribution in [0.5, 0.6) is 0 Å². The van der Waals surface area contributed by atoms with Gasteiger partial charge in [0, 0.05) is 23.5 Å². The van der Waals surface area contributed by atoms with Crippen molar-refractivity contribution in [3.8, 4) is 0 Å². The molecule has 5 atom stereocenters. The molecule has 0 radical (unpaired) electrons. The van der Waals surface area contributed by atoms with Crippen LogP contribution in [0.2, 0.25) is 5.02 Å². The van der Waals surface area contributed by atoms with Gasteiger partial charge in [0.1, 0.15) is 17.4 Å². The van der Waals surface area contributed by atoms with Crippen LogP contribution in [0, 0.1) is 23.5 Å². The first kappa shape index (κ1) is 25.7. The van der Waals surface area contributed by atoms with E-state index in [4.69, 9.17) is 11.6 Å². The summed E-state index contributed by atoms with van der Waals surface area (Å²) in [7, 11) is -4.04. The van der Waals surface area contributed by atoms with Gasteiger partial charge in [0.15, 0.2) is 21.5 Å². The minimum absolute atomic E-state index is 0.00271. The molecule has 1 aromatic heterocycles. The smallest absolute Gasteiger partial charge is 0.255 e. The molecule has 2 aliphatic carbocycles. The average Bonchev–Trinajstić information content (AvgIpc) is 3.43. The number of aromatic amines is 1. The van der Waals surface area contributed by atoms with Crippen molar-refractivity contribution in [1.82, 2.24) is 15.4 Å². The van der Waals surface area contributed by atoms with Crippen LogP contribution in [0.3, 0.4) is 0 Å². The van der Waals surface area contributed by atoms with Gasteiger partial charge in [0.05, 0.1) is 15.2 Å². The summed E-state index contributed by atoms with van der Waals surface area (Å²) in [6.07, 6.45) is 1.32. The quantitative estimate of drug-likeness (QED) is 0.366. The van der Waals surface area contributed by atoms with E-state index in [1.54, 1.807) is 0 Å². The van der Waals surface area contributed by atoms with Gasteiger partial charge in [-0.1, -0.05) is 16.8 Å². The van der Waals surface area contributed by atoms with Gasteiger partial charge in [-0.3, -0.25) is 9.89 Å². The van der Waals surface area contributed by atoms with Gasteiger partial charge in [-0.25, -0.2) is 17.2 Å². The molecule has 4 N–H and O–H groups in total. The van der Waals surface area contributed by atoms with E-state index < -0.39 is 56.2 Å². The molecule has 2 bridgehead atoms. The van der Waals surface area contributed by atoms with Crippen LogP contribution in [-0.4, -0.2) is 50.8 Å². The molecule has 9 nitrogen and oxygen atoms in total. The number of benzene rings is 2. The number of aromatic nitrogens is 3. The normalized spacial score (nSPS) is 26.1. The number of rotatable bonds is 6. The summed E-state index contributed by atoms with van der Waals surface area (Å²) in [5.41, 5.74) is -1.40. The highest BCUT2D eigenvalue weighted by Gasteiger charge is 2.59. The monoisotopic (exact) mass is 552 g/mol. The zero-order valence-electron chi connectivity index (χ0n) is 19.2. The van der Waals surface area contributed by atoms with Crippen LogP contribution in [0.1, 0.15) is 47.8 Å². The van der Waals surface area contributed by atoms with Crippen molar-refractivity contribution < 1.29 is 32.2 Å². The van der Waals surface area contributed by atoms with Crippen molar-refractivity contribution >= 4 is 33.0 Å². The van der Waals surface area contributed by atoms with Crippen LogP contribution >= 0.6 is 11.6 Å². The first-order chi connectivity index (χ1) is 17.5. The molecule has 2 aromatic carbocycles. The third-order valence-corrected chi connectivity index (χ3v) is 10.2. The van der Waals surface area contributed by atoms with Gasteiger partial charge >= 0.3 is 0 Å². The topological polar surface area (TPSA) is 145 Å². The molecule has 1 heterocycles. The number of carbonyl (C=O) groups is 1. The number of hydrogen-bond donors (Lipinski definition) is 4. The SMILES string of the molecule is O=C(Nc1ccc(F)c(F)c1)c1ccc(Cl)c(S(=O)(=O)[C@@H]2CC3CC[C@@H](C2)[C@@]3(O)C(O)c2c[nH]nn2)c1. The molecular weight excluding hydrogens is 530 g/mol. The van der Waals surface area contributed by atoms with E-state index in [1.807, 2.05) is 0 Å². The number of sulfone groups is 1. The first-order valence-corrected chi connectivity index (χ1v) is 13.5. The number of aliphatic hydroxyl groups is 2. The number of H-pyrrole nitrogens is 1. The summed E-state index contributed by atoms with van der Waals surface area (Å²) in [5.74, 6) is -3.95. The van der Waals surface area contributed by atoms with E-state index in [2.05, 4.69) is 20.7 Å². The number of halogens is 3. The van der Waals surface area contributed by atoms with Gasteiger partial charge in [-0.05, 0) is 67.9 Å². The summed E-state index contributed by atoms with van der Waals surface area (Å²) in [4.78, 5) is 12.5. The second kappa shape index (κ2) is 9.43. The maximum Gasteiger partial charge on any atom is 0.255 e. The molecule has 196 valence electrons. The highest BCUT2D eigenvalue weighted by atomic mass is 35.5. The molecule has 0 spiro atoms. The van der Waals surface area contributed by atoms with E-state index in [1.165, 1.54) is 24.4 Å². The van der Waals surface area contributed by atoms with Crippen LogP contribution in [0.15, 0.2) is 47.5 Å². The van der Waals surface area contributed by atoms with E-state index in [9.17, 15) is 32.2 Å². The molecule has 2 saturated carbocycles. The van der Waals surface area contributed by atoms with Crippen molar-refractivity contribution in [2.45, 2.75) is 47.5 Å². The Morgan fingerprint density at radius 3 is 2.46 bits per heavy atom. The van der Waals surface area contributed by atoms with Gasteiger partial charge in [-0.15, -0.1) is 5.10 Å². The maximum atomic E-state index is 13.7. The maximum absolute atomic E-state index is 13.7. The van der Waals surface area contributed by atoms with Gasteiger partial charge in [0.25, 0.3) is 5.91 Å². The molecule has 1 amide bonds. The summed E-state index contributed by atoms with van der Waals surface area (Å²) in [6, 6.07) is 6.62. The molecule has 2 unspecified atom stereocenters. The lowest BCUT2D eigenvalue weighted by Crippen LogP contribution is -2.52. The zero-order valence-corrected chi connectivity index (χ0v) is 20.8. The summed E-state index contributed by atoms with van der Waals surface area (Å²) < 4.78 is 54.0. The van der Waals surface area contributed by atoms with Crippen molar-refractivity contribution in [2.75, 3.05) is 5.32 Å². The largest absolute Gasteiger partial charge is 0.386 e. The molecule has 5 rings (SSSR count). The van der Waals surface area contributed by atoms with Crippen LogP contribution in [0.4, 0.5) is 14.5 Å². The van der Waals surface area contributed by atoms with Crippen molar-refractivity contribution in [3.63, 3.8) is 0 Å². The number of nitrogens with zero attached hydrogens (tertiary/aromatic N) is 2. The Kier molecular flexibility index (Phi) is 6.55. The Bertz CT molecular complexity index is 1440. The first-order valence-electron chi connectivity index (χ1n) is 11.6. The molecule has 0 aliphatic heterocycles. The van der Waals surface area contributed by atoms with E-state index >= 15 is 0 Å². The number of carbonyl (C=O) groups excluding carboxylic acids is 1. The van der Waals surface area contributed by atoms with Crippen LogP contribution in [0.25, 0.3) is 0 Å². The highest BCUT2D eigenvalue weighted by Crippen LogP contribution is 2.56. The number of nitrogens with one attached hydrogen (secondary N) is 2. The Morgan fingerprint density at radius 1 is 1.14 bits per heavy atom. The van der Waals surface area contributed by atoms with E-state index in [-0.39, 0.29) is 39.7 Å². The lowest BCUT2D eigenvalue weighted by atomic mass is 9.70. The number of hydrogen-bond acceptors (Lipinski definition) is 7. The lowest BCUT2D eigenvalue weighted by molar-refractivity contribution is -0.145. The predicted octanol–water partition coefficient (Wildman–Crippen LogP) is 3.42. The Morgan fingerprint density at radius 2 is 1.84 bits per heavy atom. The minimum Gasteiger partial charge on any atom is -0.386 e. The van der Waals surface area contributed by atoms with Gasteiger partial charge in [0.2, 0.25) is 0 Å². The minimum atomic E-state index is -4.04. The number of anilines is 1. The average molecular weight is 553 g/mol. The molecule has 2 fully saturated rings. The predicted molar refractivity (Wildman–Crippen MR) is 128 cm³/mol. The number of aliphatic hydroxyl groups excluding tert-OH is 1. The molecule has 2 aliphatic rings. The van der Waals surface area contributed by atoms with Crippen molar-refractivity contribution in [3.05, 3.63) is 70.5 Å². The van der Waals surface area contributed by atoms with E-state index in [0.29, 0.717) is 12.8 Å². The Hall–Kier alpha value is -2.93. The van der Waals surface area contributed by atoms with Crippen LogP contribution < -0.4 is 5.32 Å². The standard InChI is InChI=1S/C24H23ClF2N4O5S/c25-17-5-1-12(23(33)29-15-4-6-18(26)19(27)10-15)7-21(17)37(35,36)16-8-13-2-3-14(9-16)24(13,34)22(32)20-11-28-31-30-20/h1,4-7,10-11,13-14,16,22,32,34H,2-3,8-9H2,(H,29,33)(H,28,30,31)/t13-,14?,16-,22?,24-/m0/s1. The molecule has 13 heteroatoms. The lowest BCUT2D eigenvalue weighted by Gasteiger charge is -2.44. The highest BCUT2D eigenvalue weighted by molar-refractivity contribution is 7.92. The van der Waals surface area contributed by atoms with Gasteiger partial charge < -0.3 is 15.5 Å². The second-order valence-corrected chi connectivity index (χ2v) is 12.1. The summed E-state index contributed by atoms with van der Waals surface area (Å²) in [5, 5.41) is 33.6. The second-order valence-electron chi connectivity index (χ2n) is 9.53. The summed E-state index contributed by atoms with van der Waals surface area (Å²) >= 11 is 6.26. The zero-order chi connectivity index (χ0) is 26.5. The third-order valence-electron chi connectivity index (χ3n) is 7.54. The van der Waals surface area contributed by atoms with E-state index in [0.717, 1.165) is 18.2 Å². The fourth-order valence-corrected chi connectivity index (χ4v) is 8.04. The fraction of sp³-hybridized carbons (Fsp3) is 0.375.